The summed E-state index contributed by atoms with van der Waals surface area (Å²) in [6, 6.07) is 5.10. The molecule has 2 rings (SSSR count). The lowest BCUT2D eigenvalue weighted by molar-refractivity contribution is -0.116. The van der Waals surface area contributed by atoms with Gasteiger partial charge in [-0.1, -0.05) is 0 Å². The van der Waals surface area contributed by atoms with E-state index in [1.54, 1.807) is 12.1 Å². The second-order valence-corrected chi connectivity index (χ2v) is 4.23. The van der Waals surface area contributed by atoms with Crippen molar-refractivity contribution in [2.75, 3.05) is 7.11 Å². The number of fused-ring (bicyclic) bond motifs is 1. The number of H-pyrrole nitrogens is 1. The van der Waals surface area contributed by atoms with E-state index in [1.165, 1.54) is 20.2 Å². The second-order valence-electron chi connectivity index (χ2n) is 4.23. The maximum Gasteiger partial charge on any atom is 0.207 e. The van der Waals surface area contributed by atoms with Crippen LogP contribution in [0.1, 0.15) is 18.1 Å². The molecule has 0 saturated heterocycles. The molecule has 0 radical (unpaired) electrons. The lowest BCUT2D eigenvalue weighted by Gasteiger charge is -2.09. The molecule has 0 bridgehead atoms. The van der Waals surface area contributed by atoms with Crippen molar-refractivity contribution >= 4 is 16.7 Å². The average Bonchev–Trinajstić information content (AvgIpc) is 2.38. The first-order valence-electron chi connectivity index (χ1n) is 5.68. The van der Waals surface area contributed by atoms with Gasteiger partial charge in [-0.25, -0.2) is 0 Å². The summed E-state index contributed by atoms with van der Waals surface area (Å²) in [5.41, 5.74) is 0.923. The van der Waals surface area contributed by atoms with Gasteiger partial charge in [0, 0.05) is 29.6 Å². The lowest BCUT2D eigenvalue weighted by Crippen LogP contribution is -2.09. The van der Waals surface area contributed by atoms with Crippen LogP contribution in [-0.4, -0.2) is 17.9 Å². The third kappa shape index (κ3) is 2.33. The van der Waals surface area contributed by atoms with Gasteiger partial charge in [-0.2, -0.15) is 5.26 Å². The van der Waals surface area contributed by atoms with Gasteiger partial charge >= 0.3 is 0 Å². The van der Waals surface area contributed by atoms with Gasteiger partial charge in [0.1, 0.15) is 23.2 Å². The molecule has 1 aromatic carbocycles. The fraction of sp³-hybridized carbons (Fsp3) is 0.214. The Bertz CT molecular complexity index is 754. The molecular formula is C14H12N2O3. The highest BCUT2D eigenvalue weighted by atomic mass is 16.5. The Morgan fingerprint density at radius 1 is 1.47 bits per heavy atom. The highest BCUT2D eigenvalue weighted by molar-refractivity contribution is 5.85. The summed E-state index contributed by atoms with van der Waals surface area (Å²) in [7, 11) is 1.51. The number of carbonyl (C=O) groups is 1. The molecule has 1 aromatic heterocycles. The molecule has 1 heterocycles. The maximum absolute atomic E-state index is 12.0. The van der Waals surface area contributed by atoms with Crippen molar-refractivity contribution in [3.05, 3.63) is 39.7 Å². The van der Waals surface area contributed by atoms with E-state index < -0.39 is 0 Å². The van der Waals surface area contributed by atoms with Crippen molar-refractivity contribution < 1.29 is 9.53 Å². The zero-order valence-electron chi connectivity index (χ0n) is 10.6. The minimum absolute atomic E-state index is 0.0227. The van der Waals surface area contributed by atoms with Gasteiger partial charge < -0.3 is 9.72 Å². The number of aromatic amines is 1. The number of ether oxygens (including phenoxy) is 1. The Kier molecular flexibility index (Phi) is 3.34. The van der Waals surface area contributed by atoms with E-state index in [0.29, 0.717) is 22.2 Å². The molecule has 0 unspecified atom stereocenters. The number of nitriles is 1. The van der Waals surface area contributed by atoms with Gasteiger partial charge in [0.05, 0.1) is 12.6 Å². The minimum atomic E-state index is -0.344. The Morgan fingerprint density at radius 2 is 2.21 bits per heavy atom. The van der Waals surface area contributed by atoms with E-state index in [2.05, 4.69) is 4.98 Å². The molecular weight excluding hydrogens is 244 g/mol. The minimum Gasteiger partial charge on any atom is -0.496 e. The van der Waals surface area contributed by atoms with Crippen LogP contribution in [0.4, 0.5) is 0 Å². The summed E-state index contributed by atoms with van der Waals surface area (Å²) in [6.45, 7) is 1.47. The van der Waals surface area contributed by atoms with E-state index in [0.717, 1.165) is 0 Å². The van der Waals surface area contributed by atoms with Gasteiger partial charge in [0.15, 0.2) is 0 Å². The Balaban J connectivity index is 2.76. The summed E-state index contributed by atoms with van der Waals surface area (Å²) < 4.78 is 5.21. The smallest absolute Gasteiger partial charge is 0.207 e. The monoisotopic (exact) mass is 256 g/mol. The number of hydrogen-bond acceptors (Lipinski definition) is 4. The number of hydrogen-bond donors (Lipinski definition) is 1. The number of carbonyl (C=O) groups excluding carboxylic acids is 1. The van der Waals surface area contributed by atoms with E-state index in [4.69, 9.17) is 10.00 Å². The molecule has 0 aliphatic rings. The SMILES string of the molecule is COc1cc2[nH]cc(C#N)c(=O)c2cc1CC(C)=O. The van der Waals surface area contributed by atoms with Crippen LogP contribution in [0, 0.1) is 11.3 Å². The zero-order chi connectivity index (χ0) is 14.0. The second kappa shape index (κ2) is 4.94. The van der Waals surface area contributed by atoms with Crippen LogP contribution in [0.15, 0.2) is 23.1 Å². The summed E-state index contributed by atoms with van der Waals surface area (Å²) >= 11 is 0. The average molecular weight is 256 g/mol. The predicted molar refractivity (Wildman–Crippen MR) is 70.2 cm³/mol. The van der Waals surface area contributed by atoms with Crippen molar-refractivity contribution in [2.45, 2.75) is 13.3 Å². The molecule has 5 nitrogen and oxygen atoms in total. The summed E-state index contributed by atoms with van der Waals surface area (Å²) in [5.74, 6) is 0.522. The number of aromatic nitrogens is 1. The van der Waals surface area contributed by atoms with Crippen molar-refractivity contribution in [3.63, 3.8) is 0 Å². The fourth-order valence-corrected chi connectivity index (χ4v) is 1.97. The molecule has 0 aliphatic heterocycles. The Hall–Kier alpha value is -2.61. The van der Waals surface area contributed by atoms with E-state index in [9.17, 15) is 9.59 Å². The first-order valence-corrected chi connectivity index (χ1v) is 5.68. The fourth-order valence-electron chi connectivity index (χ4n) is 1.97. The van der Waals surface area contributed by atoms with Crippen molar-refractivity contribution in [2.24, 2.45) is 0 Å². The summed E-state index contributed by atoms with van der Waals surface area (Å²) in [6.07, 6.45) is 1.56. The normalized spacial score (nSPS) is 10.2. The molecule has 96 valence electrons. The van der Waals surface area contributed by atoms with Crippen molar-refractivity contribution in [1.82, 2.24) is 4.98 Å². The summed E-state index contributed by atoms with van der Waals surface area (Å²) in [4.78, 5) is 26.1. The van der Waals surface area contributed by atoms with Crippen LogP contribution >= 0.6 is 0 Å². The molecule has 0 fully saturated rings. The van der Waals surface area contributed by atoms with E-state index >= 15 is 0 Å². The zero-order valence-corrected chi connectivity index (χ0v) is 10.6. The molecule has 1 N–H and O–H groups in total. The molecule has 2 aromatic rings. The Labute approximate surface area is 109 Å². The standard InChI is InChI=1S/C14H12N2O3/c1-8(17)3-9-4-11-12(5-13(9)19-2)16-7-10(6-15)14(11)18/h4-5,7H,3H2,1-2H3,(H,16,18). The number of Topliss-reactive ketones (excluding diaryl/α,β-unsaturated/α-hetero) is 1. The summed E-state index contributed by atoms with van der Waals surface area (Å²) in [5, 5.41) is 9.23. The number of pyridine rings is 1. The quantitative estimate of drug-likeness (QED) is 0.902. The molecule has 5 heteroatoms. The number of rotatable bonds is 3. The third-order valence-electron chi connectivity index (χ3n) is 2.84. The number of nitrogens with zero attached hydrogens (tertiary/aromatic N) is 1. The molecule has 0 amide bonds. The predicted octanol–water partition coefficient (Wildman–Crippen LogP) is 1.54. The van der Waals surface area contributed by atoms with Crippen LogP contribution in [0.2, 0.25) is 0 Å². The molecule has 0 spiro atoms. The van der Waals surface area contributed by atoms with Gasteiger partial charge in [0.2, 0.25) is 5.43 Å². The van der Waals surface area contributed by atoms with Crippen LogP contribution in [-0.2, 0) is 11.2 Å². The van der Waals surface area contributed by atoms with Crippen molar-refractivity contribution in [3.8, 4) is 11.8 Å². The van der Waals surface area contributed by atoms with Crippen molar-refractivity contribution in [1.29, 1.82) is 5.26 Å². The maximum atomic E-state index is 12.0. The van der Waals surface area contributed by atoms with E-state index in [1.807, 2.05) is 6.07 Å². The van der Waals surface area contributed by atoms with Gasteiger partial charge in [-0.15, -0.1) is 0 Å². The Morgan fingerprint density at radius 3 is 2.79 bits per heavy atom. The molecule has 0 atom stereocenters. The number of ketones is 1. The highest BCUT2D eigenvalue weighted by Crippen LogP contribution is 2.24. The van der Waals surface area contributed by atoms with Crippen LogP contribution in [0.3, 0.4) is 0 Å². The first-order chi connectivity index (χ1) is 9.06. The number of nitrogens with one attached hydrogen (secondary N) is 1. The van der Waals surface area contributed by atoms with Crippen LogP contribution < -0.4 is 10.2 Å². The van der Waals surface area contributed by atoms with E-state index in [-0.39, 0.29) is 23.2 Å². The topological polar surface area (TPSA) is 82.9 Å². The number of benzene rings is 1. The van der Waals surface area contributed by atoms with Crippen LogP contribution in [0.5, 0.6) is 5.75 Å². The lowest BCUT2D eigenvalue weighted by atomic mass is 10.0. The number of methoxy groups -OCH3 is 1. The molecule has 0 saturated carbocycles. The molecule has 19 heavy (non-hydrogen) atoms. The highest BCUT2D eigenvalue weighted by Gasteiger charge is 2.11. The largest absolute Gasteiger partial charge is 0.496 e. The van der Waals surface area contributed by atoms with Gasteiger partial charge in [0.25, 0.3) is 0 Å². The first kappa shape index (κ1) is 12.8. The van der Waals surface area contributed by atoms with Gasteiger partial charge in [-0.3, -0.25) is 9.59 Å². The molecule has 0 aliphatic carbocycles. The third-order valence-corrected chi connectivity index (χ3v) is 2.84. The van der Waals surface area contributed by atoms with Gasteiger partial charge in [-0.05, 0) is 13.0 Å². The van der Waals surface area contributed by atoms with Crippen LogP contribution in [0.25, 0.3) is 10.9 Å².